The number of nitrogens with zero attached hydrogens (tertiary/aromatic N) is 1. The van der Waals surface area contributed by atoms with Crippen molar-refractivity contribution in [1.29, 1.82) is 5.26 Å². The average Bonchev–Trinajstić information content (AvgIpc) is 2.25. The predicted molar refractivity (Wildman–Crippen MR) is 66.3 cm³/mol. The monoisotopic (exact) mass is 220 g/mol. The standard InChI is InChI=1S/C12H16N2S/c1-9(2)8-14-11-5-4-6-12(15-3)10(11)7-13/h4-6,9,14H,8H2,1-3H3. The van der Waals surface area contributed by atoms with Crippen LogP contribution in [0.25, 0.3) is 0 Å². The number of anilines is 1. The number of nitrogens with one attached hydrogen (secondary N) is 1. The Labute approximate surface area is 95.7 Å². The van der Waals surface area contributed by atoms with Gasteiger partial charge in [0, 0.05) is 11.4 Å². The second-order valence-corrected chi connectivity index (χ2v) is 4.62. The van der Waals surface area contributed by atoms with E-state index < -0.39 is 0 Å². The van der Waals surface area contributed by atoms with Crippen molar-refractivity contribution in [2.75, 3.05) is 18.1 Å². The van der Waals surface area contributed by atoms with Crippen molar-refractivity contribution >= 4 is 17.4 Å². The number of rotatable bonds is 4. The lowest BCUT2D eigenvalue weighted by Crippen LogP contribution is -2.09. The normalized spacial score (nSPS) is 10.1. The first-order valence-corrected chi connectivity index (χ1v) is 6.22. The van der Waals surface area contributed by atoms with Crippen molar-refractivity contribution in [1.82, 2.24) is 0 Å². The van der Waals surface area contributed by atoms with E-state index in [0.717, 1.165) is 22.7 Å². The number of thioether (sulfide) groups is 1. The third kappa shape index (κ3) is 3.17. The van der Waals surface area contributed by atoms with Gasteiger partial charge in [-0.3, -0.25) is 0 Å². The quantitative estimate of drug-likeness (QED) is 0.790. The summed E-state index contributed by atoms with van der Waals surface area (Å²) in [5.74, 6) is 0.578. The van der Waals surface area contributed by atoms with Crippen LogP contribution in [0.15, 0.2) is 23.1 Å². The molecule has 0 saturated heterocycles. The molecular weight excluding hydrogens is 204 g/mol. The van der Waals surface area contributed by atoms with Gasteiger partial charge in [0.15, 0.2) is 0 Å². The van der Waals surface area contributed by atoms with E-state index in [9.17, 15) is 0 Å². The van der Waals surface area contributed by atoms with Gasteiger partial charge in [0.2, 0.25) is 0 Å². The molecule has 1 N–H and O–H groups in total. The zero-order valence-corrected chi connectivity index (χ0v) is 10.2. The Morgan fingerprint density at radius 3 is 2.73 bits per heavy atom. The van der Waals surface area contributed by atoms with E-state index in [1.807, 2.05) is 24.5 Å². The van der Waals surface area contributed by atoms with E-state index >= 15 is 0 Å². The van der Waals surface area contributed by atoms with Crippen LogP contribution in [0.1, 0.15) is 19.4 Å². The minimum atomic E-state index is 0.578. The van der Waals surface area contributed by atoms with E-state index in [1.165, 1.54) is 0 Å². The third-order valence-electron chi connectivity index (χ3n) is 2.06. The summed E-state index contributed by atoms with van der Waals surface area (Å²) in [6.45, 7) is 5.20. The highest BCUT2D eigenvalue weighted by atomic mass is 32.2. The summed E-state index contributed by atoms with van der Waals surface area (Å²) in [7, 11) is 0. The van der Waals surface area contributed by atoms with Gasteiger partial charge in [-0.15, -0.1) is 11.8 Å². The predicted octanol–water partition coefficient (Wildman–Crippen LogP) is 3.35. The van der Waals surface area contributed by atoms with Crippen molar-refractivity contribution < 1.29 is 0 Å². The molecule has 0 spiro atoms. The molecule has 0 aliphatic rings. The molecule has 0 heterocycles. The first-order valence-electron chi connectivity index (χ1n) is 5.00. The van der Waals surface area contributed by atoms with Crippen molar-refractivity contribution in [3.63, 3.8) is 0 Å². The average molecular weight is 220 g/mol. The van der Waals surface area contributed by atoms with E-state index in [1.54, 1.807) is 11.8 Å². The third-order valence-corrected chi connectivity index (χ3v) is 2.84. The van der Waals surface area contributed by atoms with Gasteiger partial charge in [-0.2, -0.15) is 5.26 Å². The Morgan fingerprint density at radius 1 is 1.47 bits per heavy atom. The molecule has 1 aromatic rings. The Morgan fingerprint density at radius 2 is 2.20 bits per heavy atom. The molecule has 0 aliphatic heterocycles. The van der Waals surface area contributed by atoms with E-state index in [-0.39, 0.29) is 0 Å². The lowest BCUT2D eigenvalue weighted by atomic mass is 10.1. The minimum absolute atomic E-state index is 0.578. The van der Waals surface area contributed by atoms with Crippen LogP contribution in [0.5, 0.6) is 0 Å². The van der Waals surface area contributed by atoms with Gasteiger partial charge in [-0.05, 0) is 24.3 Å². The molecular formula is C12H16N2S. The molecule has 1 rings (SSSR count). The molecule has 0 bridgehead atoms. The van der Waals surface area contributed by atoms with Crippen LogP contribution in [0.4, 0.5) is 5.69 Å². The summed E-state index contributed by atoms with van der Waals surface area (Å²) in [4.78, 5) is 1.03. The van der Waals surface area contributed by atoms with Crippen LogP contribution in [-0.2, 0) is 0 Å². The molecule has 0 aliphatic carbocycles. The Bertz CT molecular complexity index is 366. The molecule has 0 amide bonds. The molecule has 15 heavy (non-hydrogen) atoms. The van der Waals surface area contributed by atoms with Crippen LogP contribution in [0.3, 0.4) is 0 Å². The smallest absolute Gasteiger partial charge is 0.102 e. The van der Waals surface area contributed by atoms with Gasteiger partial charge in [0.1, 0.15) is 6.07 Å². The lowest BCUT2D eigenvalue weighted by molar-refractivity contribution is 0.688. The van der Waals surface area contributed by atoms with Crippen LogP contribution in [0, 0.1) is 17.2 Å². The minimum Gasteiger partial charge on any atom is -0.384 e. The van der Waals surface area contributed by atoms with Gasteiger partial charge < -0.3 is 5.32 Å². The van der Waals surface area contributed by atoms with Gasteiger partial charge in [-0.25, -0.2) is 0 Å². The van der Waals surface area contributed by atoms with Crippen molar-refractivity contribution in [2.45, 2.75) is 18.7 Å². The fourth-order valence-corrected chi connectivity index (χ4v) is 1.85. The molecule has 0 atom stereocenters. The maximum atomic E-state index is 9.09. The molecule has 80 valence electrons. The van der Waals surface area contributed by atoms with Crippen molar-refractivity contribution in [2.24, 2.45) is 5.92 Å². The van der Waals surface area contributed by atoms with Gasteiger partial charge in [0.25, 0.3) is 0 Å². The lowest BCUT2D eigenvalue weighted by Gasteiger charge is -2.12. The van der Waals surface area contributed by atoms with Gasteiger partial charge >= 0.3 is 0 Å². The highest BCUT2D eigenvalue weighted by Gasteiger charge is 2.06. The maximum absolute atomic E-state index is 9.09. The topological polar surface area (TPSA) is 35.8 Å². The van der Waals surface area contributed by atoms with Gasteiger partial charge in [0.05, 0.1) is 11.3 Å². The molecule has 0 saturated carbocycles. The van der Waals surface area contributed by atoms with Crippen molar-refractivity contribution in [3.05, 3.63) is 23.8 Å². The summed E-state index contributed by atoms with van der Waals surface area (Å²) in [6.07, 6.45) is 1.99. The van der Waals surface area contributed by atoms with E-state index in [4.69, 9.17) is 5.26 Å². The largest absolute Gasteiger partial charge is 0.384 e. The molecule has 0 aromatic heterocycles. The summed E-state index contributed by atoms with van der Waals surface area (Å²) in [5.41, 5.74) is 1.70. The summed E-state index contributed by atoms with van der Waals surface area (Å²) < 4.78 is 0. The number of benzene rings is 1. The zero-order chi connectivity index (χ0) is 11.3. The molecule has 0 unspecified atom stereocenters. The van der Waals surface area contributed by atoms with Gasteiger partial charge in [-0.1, -0.05) is 19.9 Å². The van der Waals surface area contributed by atoms with Crippen molar-refractivity contribution in [3.8, 4) is 6.07 Å². The van der Waals surface area contributed by atoms with E-state index in [0.29, 0.717) is 5.92 Å². The fraction of sp³-hybridized carbons (Fsp3) is 0.417. The first kappa shape index (κ1) is 11.9. The zero-order valence-electron chi connectivity index (χ0n) is 9.37. The maximum Gasteiger partial charge on any atom is 0.102 e. The number of nitriles is 1. The second kappa shape index (κ2) is 5.67. The Kier molecular flexibility index (Phi) is 4.51. The fourth-order valence-electron chi connectivity index (χ4n) is 1.28. The Hall–Kier alpha value is -1.14. The molecule has 1 aromatic carbocycles. The Balaban J connectivity index is 2.92. The highest BCUT2D eigenvalue weighted by molar-refractivity contribution is 7.98. The summed E-state index contributed by atoms with van der Waals surface area (Å²) >= 11 is 1.61. The number of hydrogen-bond donors (Lipinski definition) is 1. The molecule has 2 nitrogen and oxygen atoms in total. The molecule has 3 heteroatoms. The van der Waals surface area contributed by atoms with Crippen LogP contribution >= 0.6 is 11.8 Å². The molecule has 0 fully saturated rings. The molecule has 0 radical (unpaired) electrons. The number of hydrogen-bond acceptors (Lipinski definition) is 3. The van der Waals surface area contributed by atoms with Crippen LogP contribution in [0.2, 0.25) is 0 Å². The summed E-state index contributed by atoms with van der Waals surface area (Å²) in [6, 6.07) is 8.17. The first-order chi connectivity index (χ1) is 7.19. The van der Waals surface area contributed by atoms with Crippen LogP contribution < -0.4 is 5.32 Å². The second-order valence-electron chi connectivity index (χ2n) is 3.77. The highest BCUT2D eigenvalue weighted by Crippen LogP contribution is 2.26. The SMILES string of the molecule is CSc1cccc(NCC(C)C)c1C#N. The summed E-state index contributed by atoms with van der Waals surface area (Å²) in [5, 5.41) is 12.4. The van der Waals surface area contributed by atoms with E-state index in [2.05, 4.69) is 25.2 Å². The van der Waals surface area contributed by atoms with Crippen LogP contribution in [-0.4, -0.2) is 12.8 Å².